The Balaban J connectivity index is 1.78. The molecular formula is C14H19N3O3. The van der Waals surface area contributed by atoms with E-state index in [2.05, 4.69) is 22.4 Å². The first-order valence-corrected chi connectivity index (χ1v) is 6.98. The summed E-state index contributed by atoms with van der Waals surface area (Å²) in [5, 5.41) is 7.51. The van der Waals surface area contributed by atoms with Crippen LogP contribution < -0.4 is 5.32 Å². The Hall–Kier alpha value is -1.66. The van der Waals surface area contributed by atoms with E-state index in [1.807, 2.05) is 13.0 Å². The molecule has 0 radical (unpaired) electrons. The fourth-order valence-corrected chi connectivity index (χ4v) is 2.44. The maximum Gasteiger partial charge on any atom is 0.234 e. The molecule has 3 heterocycles. The molecule has 0 saturated carbocycles. The smallest absolute Gasteiger partial charge is 0.234 e. The molecule has 6 nitrogen and oxygen atoms in total. The standard InChI is InChI=1S/C14H19N3O3/c1-3-5-15-12-8-18-7-11(12)14-16-13(17-20-14)10-4-6-19-9(10)2/h4,6,11-12,15H,3,5,7-8H2,1-2H3. The van der Waals surface area contributed by atoms with E-state index >= 15 is 0 Å². The van der Waals surface area contributed by atoms with Gasteiger partial charge in [-0.1, -0.05) is 12.1 Å². The summed E-state index contributed by atoms with van der Waals surface area (Å²) in [6.45, 7) is 6.30. The van der Waals surface area contributed by atoms with Crippen LogP contribution in [0.3, 0.4) is 0 Å². The van der Waals surface area contributed by atoms with Crippen molar-refractivity contribution in [1.82, 2.24) is 15.5 Å². The zero-order valence-corrected chi connectivity index (χ0v) is 11.8. The van der Waals surface area contributed by atoms with Gasteiger partial charge >= 0.3 is 0 Å². The second kappa shape index (κ2) is 5.76. The Morgan fingerprint density at radius 3 is 3.05 bits per heavy atom. The van der Waals surface area contributed by atoms with Gasteiger partial charge in [-0.05, 0) is 26.0 Å². The quantitative estimate of drug-likeness (QED) is 0.902. The number of rotatable bonds is 5. The van der Waals surface area contributed by atoms with Crippen LogP contribution in [0.1, 0.15) is 30.9 Å². The van der Waals surface area contributed by atoms with Gasteiger partial charge in [-0.3, -0.25) is 0 Å². The summed E-state index contributed by atoms with van der Waals surface area (Å²) in [5.41, 5.74) is 0.872. The monoisotopic (exact) mass is 277 g/mol. The van der Waals surface area contributed by atoms with Gasteiger partial charge < -0.3 is 19.0 Å². The Labute approximate surface area is 117 Å². The van der Waals surface area contributed by atoms with Crippen molar-refractivity contribution in [1.29, 1.82) is 0 Å². The summed E-state index contributed by atoms with van der Waals surface area (Å²) in [5.74, 6) is 2.12. The molecule has 0 amide bonds. The number of ether oxygens (including phenoxy) is 1. The van der Waals surface area contributed by atoms with Gasteiger partial charge in [-0.25, -0.2) is 0 Å². The Kier molecular flexibility index (Phi) is 3.84. The number of aromatic nitrogens is 2. The van der Waals surface area contributed by atoms with Crippen molar-refractivity contribution in [3.05, 3.63) is 24.0 Å². The van der Waals surface area contributed by atoms with Gasteiger partial charge in [0.25, 0.3) is 0 Å². The average molecular weight is 277 g/mol. The molecule has 0 aromatic carbocycles. The van der Waals surface area contributed by atoms with Crippen LogP contribution >= 0.6 is 0 Å². The molecule has 2 aromatic heterocycles. The van der Waals surface area contributed by atoms with E-state index in [4.69, 9.17) is 13.7 Å². The van der Waals surface area contributed by atoms with Gasteiger partial charge in [0.2, 0.25) is 11.7 Å². The molecule has 1 aliphatic rings. The fraction of sp³-hybridized carbons (Fsp3) is 0.571. The normalized spacial score (nSPS) is 22.5. The maximum atomic E-state index is 5.54. The number of hydrogen-bond donors (Lipinski definition) is 1. The van der Waals surface area contributed by atoms with Crippen molar-refractivity contribution in [2.45, 2.75) is 32.2 Å². The molecule has 1 aliphatic heterocycles. The highest BCUT2D eigenvalue weighted by molar-refractivity contribution is 5.56. The van der Waals surface area contributed by atoms with Gasteiger partial charge in [0.1, 0.15) is 5.76 Å². The van der Waals surface area contributed by atoms with Crippen molar-refractivity contribution in [3.8, 4) is 11.4 Å². The molecule has 6 heteroatoms. The molecular weight excluding hydrogens is 258 g/mol. The van der Waals surface area contributed by atoms with Crippen LogP contribution in [0.25, 0.3) is 11.4 Å². The average Bonchev–Trinajstić information content (AvgIpc) is 3.15. The topological polar surface area (TPSA) is 73.3 Å². The minimum absolute atomic E-state index is 0.120. The molecule has 0 aliphatic carbocycles. The molecule has 0 bridgehead atoms. The SMILES string of the molecule is CCCNC1COCC1c1nc(-c2ccoc2C)no1. The van der Waals surface area contributed by atoms with Gasteiger partial charge in [-0.15, -0.1) is 0 Å². The zero-order valence-electron chi connectivity index (χ0n) is 11.8. The van der Waals surface area contributed by atoms with Crippen molar-refractivity contribution >= 4 is 0 Å². The second-order valence-electron chi connectivity index (χ2n) is 5.05. The number of furan rings is 1. The summed E-state index contributed by atoms with van der Waals surface area (Å²) < 4.78 is 16.2. The molecule has 0 spiro atoms. The van der Waals surface area contributed by atoms with Gasteiger partial charge in [0.05, 0.1) is 31.0 Å². The van der Waals surface area contributed by atoms with E-state index in [9.17, 15) is 0 Å². The van der Waals surface area contributed by atoms with E-state index in [1.54, 1.807) is 6.26 Å². The summed E-state index contributed by atoms with van der Waals surface area (Å²) in [6, 6.07) is 2.09. The van der Waals surface area contributed by atoms with Crippen molar-refractivity contribution in [3.63, 3.8) is 0 Å². The van der Waals surface area contributed by atoms with E-state index in [0.29, 0.717) is 24.9 Å². The zero-order chi connectivity index (χ0) is 13.9. The summed E-state index contributed by atoms with van der Waals surface area (Å²) in [7, 11) is 0. The Morgan fingerprint density at radius 2 is 2.30 bits per heavy atom. The molecule has 108 valence electrons. The third-order valence-corrected chi connectivity index (χ3v) is 3.60. The molecule has 2 atom stereocenters. The summed E-state index contributed by atoms with van der Waals surface area (Å²) >= 11 is 0. The Morgan fingerprint density at radius 1 is 1.40 bits per heavy atom. The minimum Gasteiger partial charge on any atom is -0.469 e. The number of hydrogen-bond acceptors (Lipinski definition) is 6. The first-order chi connectivity index (χ1) is 9.79. The predicted octanol–water partition coefficient (Wildman–Crippen LogP) is 2.12. The third-order valence-electron chi connectivity index (χ3n) is 3.60. The molecule has 3 rings (SSSR count). The predicted molar refractivity (Wildman–Crippen MR) is 72.4 cm³/mol. The van der Waals surface area contributed by atoms with Crippen LogP contribution in [0, 0.1) is 6.92 Å². The largest absolute Gasteiger partial charge is 0.469 e. The van der Waals surface area contributed by atoms with Gasteiger partial charge in [-0.2, -0.15) is 4.98 Å². The van der Waals surface area contributed by atoms with Crippen LogP contribution in [-0.2, 0) is 4.74 Å². The number of nitrogens with one attached hydrogen (secondary N) is 1. The molecule has 1 N–H and O–H groups in total. The lowest BCUT2D eigenvalue weighted by molar-refractivity contribution is 0.184. The molecule has 1 saturated heterocycles. The Bertz CT molecular complexity index is 564. The van der Waals surface area contributed by atoms with E-state index < -0.39 is 0 Å². The second-order valence-corrected chi connectivity index (χ2v) is 5.05. The molecule has 2 unspecified atom stereocenters. The van der Waals surface area contributed by atoms with Crippen molar-refractivity contribution < 1.29 is 13.7 Å². The van der Waals surface area contributed by atoms with Crippen LogP contribution in [0.15, 0.2) is 21.3 Å². The lowest BCUT2D eigenvalue weighted by Crippen LogP contribution is -2.34. The van der Waals surface area contributed by atoms with Crippen LogP contribution in [0.2, 0.25) is 0 Å². The first-order valence-electron chi connectivity index (χ1n) is 6.98. The van der Waals surface area contributed by atoms with Crippen LogP contribution in [0.5, 0.6) is 0 Å². The summed E-state index contributed by atoms with van der Waals surface area (Å²) in [6.07, 6.45) is 2.72. The van der Waals surface area contributed by atoms with E-state index in [-0.39, 0.29) is 12.0 Å². The van der Waals surface area contributed by atoms with Crippen molar-refractivity contribution in [2.75, 3.05) is 19.8 Å². The summed E-state index contributed by atoms with van der Waals surface area (Å²) in [4.78, 5) is 4.50. The lowest BCUT2D eigenvalue weighted by atomic mass is 10.0. The highest BCUT2D eigenvalue weighted by Crippen LogP contribution is 2.28. The molecule has 20 heavy (non-hydrogen) atoms. The highest BCUT2D eigenvalue weighted by Gasteiger charge is 2.33. The molecule has 2 aromatic rings. The van der Waals surface area contributed by atoms with Crippen LogP contribution in [0.4, 0.5) is 0 Å². The lowest BCUT2D eigenvalue weighted by Gasteiger charge is -2.14. The first kappa shape index (κ1) is 13.3. The van der Waals surface area contributed by atoms with Crippen molar-refractivity contribution in [2.24, 2.45) is 0 Å². The number of aryl methyl sites for hydroxylation is 1. The third kappa shape index (κ3) is 2.48. The maximum absolute atomic E-state index is 5.54. The van der Waals surface area contributed by atoms with Gasteiger partial charge in [0.15, 0.2) is 0 Å². The number of nitrogens with zero attached hydrogens (tertiary/aromatic N) is 2. The highest BCUT2D eigenvalue weighted by atomic mass is 16.5. The van der Waals surface area contributed by atoms with E-state index in [1.165, 1.54) is 0 Å². The van der Waals surface area contributed by atoms with Crippen LogP contribution in [-0.4, -0.2) is 35.9 Å². The fourth-order valence-electron chi connectivity index (χ4n) is 2.44. The minimum atomic E-state index is 0.120. The van der Waals surface area contributed by atoms with Gasteiger partial charge in [0, 0.05) is 6.04 Å². The van der Waals surface area contributed by atoms with E-state index in [0.717, 1.165) is 24.3 Å². The molecule has 1 fully saturated rings.